The number of aromatic nitrogens is 3. The van der Waals surface area contributed by atoms with E-state index in [-0.39, 0.29) is 17.7 Å². The molecule has 2 aliphatic rings. The van der Waals surface area contributed by atoms with Gasteiger partial charge in [0, 0.05) is 54.4 Å². The van der Waals surface area contributed by atoms with Crippen LogP contribution in [0.4, 0.5) is 15.9 Å². The van der Waals surface area contributed by atoms with Crippen LogP contribution in [0.5, 0.6) is 22.4 Å². The van der Waals surface area contributed by atoms with Crippen molar-refractivity contribution in [2.45, 2.75) is 45.1 Å². The molecule has 4 aromatic rings. The molecule has 2 aromatic heterocycles. The summed E-state index contributed by atoms with van der Waals surface area (Å²) in [5.74, 6) is 1.19. The molecule has 47 heavy (non-hydrogen) atoms. The molecule has 3 heterocycles. The number of thiazole rings is 1. The van der Waals surface area contributed by atoms with E-state index in [0.717, 1.165) is 30.5 Å². The molecule has 6 rings (SSSR count). The third-order valence-corrected chi connectivity index (χ3v) is 8.92. The fourth-order valence-electron chi connectivity index (χ4n) is 5.53. The van der Waals surface area contributed by atoms with Crippen molar-refractivity contribution in [2.24, 2.45) is 0 Å². The van der Waals surface area contributed by atoms with Gasteiger partial charge in [-0.05, 0) is 43.5 Å². The van der Waals surface area contributed by atoms with Gasteiger partial charge in [0.25, 0.3) is 5.19 Å². The Morgan fingerprint density at radius 2 is 2.02 bits per heavy atom. The maximum atomic E-state index is 15.4. The van der Waals surface area contributed by atoms with Gasteiger partial charge >= 0.3 is 0 Å². The van der Waals surface area contributed by atoms with E-state index in [9.17, 15) is 4.79 Å². The van der Waals surface area contributed by atoms with Crippen LogP contribution in [0.25, 0.3) is 16.5 Å². The average Bonchev–Trinajstić information content (AvgIpc) is 3.54. The molecule has 1 aliphatic carbocycles. The average molecular weight is 654 g/mol. The molecule has 11 heteroatoms. The third-order valence-electron chi connectivity index (χ3n) is 8.20. The van der Waals surface area contributed by atoms with Gasteiger partial charge in [0.15, 0.2) is 11.5 Å². The van der Waals surface area contributed by atoms with Crippen LogP contribution in [0, 0.1) is 5.82 Å². The van der Waals surface area contributed by atoms with E-state index >= 15 is 4.39 Å². The Balaban J connectivity index is 1.17. The second-order valence-electron chi connectivity index (χ2n) is 11.2. The minimum atomic E-state index is -0.514. The summed E-state index contributed by atoms with van der Waals surface area (Å²) >= 11 is 1.36. The van der Waals surface area contributed by atoms with Crippen molar-refractivity contribution in [1.82, 2.24) is 19.9 Å². The highest BCUT2D eigenvalue weighted by Gasteiger charge is 2.24. The van der Waals surface area contributed by atoms with Crippen molar-refractivity contribution >= 4 is 45.2 Å². The van der Waals surface area contributed by atoms with Gasteiger partial charge in [-0.15, -0.1) is 0 Å². The molecule has 242 valence electrons. The smallest absolute Gasteiger partial charge is 0.279 e. The number of carbonyl (C=O) groups is 1. The topological polar surface area (TPSA) is 98.7 Å². The van der Waals surface area contributed by atoms with Crippen molar-refractivity contribution in [3.05, 3.63) is 96.1 Å². The van der Waals surface area contributed by atoms with Gasteiger partial charge in [0.2, 0.25) is 5.91 Å². The fraction of sp³-hybridized carbons (Fsp3) is 0.278. The number of benzene rings is 2. The first kappa shape index (κ1) is 31.9. The van der Waals surface area contributed by atoms with Gasteiger partial charge < -0.3 is 24.4 Å². The van der Waals surface area contributed by atoms with Crippen LogP contribution in [0.2, 0.25) is 0 Å². The first-order valence-electron chi connectivity index (χ1n) is 15.6. The zero-order chi connectivity index (χ0) is 32.8. The van der Waals surface area contributed by atoms with E-state index < -0.39 is 5.82 Å². The quantitative estimate of drug-likeness (QED) is 0.171. The molecule has 0 bridgehead atoms. The summed E-state index contributed by atoms with van der Waals surface area (Å²) in [6.07, 6.45) is 15.6. The normalized spacial score (nSPS) is 16.4. The number of hydrogen-bond acceptors (Lipinski definition) is 9. The number of amides is 1. The first-order chi connectivity index (χ1) is 22.9. The Morgan fingerprint density at radius 1 is 1.17 bits per heavy atom. The lowest BCUT2D eigenvalue weighted by Crippen LogP contribution is -2.41. The zero-order valence-corrected chi connectivity index (χ0v) is 27.2. The number of likely N-dealkylation sites (tertiary alicyclic amines) is 1. The van der Waals surface area contributed by atoms with Gasteiger partial charge in [0.1, 0.15) is 29.8 Å². The lowest BCUT2D eigenvalue weighted by Gasteiger charge is -2.31. The summed E-state index contributed by atoms with van der Waals surface area (Å²) in [6, 6.07) is 8.17. The standard InChI is InChI=1S/C36H36FN5O4S/c1-4-23-8-6-7-9-24(11-10-23)31-21-47-36(41-31)46-26-12-13-29(28(37)18-26)40-35-27-19-33(32(44-3)20-30(27)38-22-39-35)45-25-14-16-42(17-15-25)34(43)5-2/h5,7,9-13,18-22,25H,2,4,6,8,14-17H2,1,3H3,(H,38,39,40)/b9-7?,23-10-,24-11?. The SMILES string of the molecule is C=CC(=O)N1CCC(Oc2cc3c(Nc4ccc(Oc5nc(C6=C/C=C(/CC)CCC=C6)cs5)cc4F)ncnc3cc2OC)CC1. The molecule has 1 saturated heterocycles. The summed E-state index contributed by atoms with van der Waals surface area (Å²) < 4.78 is 33.3. The van der Waals surface area contributed by atoms with Gasteiger partial charge in [-0.1, -0.05) is 54.7 Å². The number of rotatable bonds is 10. The van der Waals surface area contributed by atoms with Crippen LogP contribution in [-0.2, 0) is 4.79 Å². The molecule has 1 amide bonds. The third kappa shape index (κ3) is 7.52. The Kier molecular flexibility index (Phi) is 9.92. The van der Waals surface area contributed by atoms with E-state index in [2.05, 4.69) is 58.1 Å². The van der Waals surface area contributed by atoms with Gasteiger partial charge in [-0.25, -0.2) is 19.3 Å². The Hall–Kier alpha value is -5.03. The maximum absolute atomic E-state index is 15.4. The molecular weight excluding hydrogens is 617 g/mol. The highest BCUT2D eigenvalue weighted by atomic mass is 32.1. The molecular formula is C36H36FN5O4S. The number of halogens is 1. The summed E-state index contributed by atoms with van der Waals surface area (Å²) in [5.41, 5.74) is 4.06. The number of piperidine rings is 1. The summed E-state index contributed by atoms with van der Waals surface area (Å²) in [5, 5.41) is 6.11. The number of anilines is 2. The monoisotopic (exact) mass is 653 g/mol. The van der Waals surface area contributed by atoms with Gasteiger partial charge in [-0.3, -0.25) is 4.79 Å². The number of methoxy groups -OCH3 is 1. The summed E-state index contributed by atoms with van der Waals surface area (Å²) in [7, 11) is 1.57. The number of hydrogen-bond donors (Lipinski definition) is 1. The molecule has 1 fully saturated rings. The highest BCUT2D eigenvalue weighted by molar-refractivity contribution is 7.11. The first-order valence-corrected chi connectivity index (χ1v) is 16.5. The summed E-state index contributed by atoms with van der Waals surface area (Å²) in [4.78, 5) is 27.1. The zero-order valence-electron chi connectivity index (χ0n) is 26.4. The molecule has 0 saturated carbocycles. The molecule has 0 unspecified atom stereocenters. The molecule has 1 aliphatic heterocycles. The Morgan fingerprint density at radius 3 is 2.79 bits per heavy atom. The van der Waals surface area contributed by atoms with Crippen LogP contribution >= 0.6 is 11.3 Å². The fourth-order valence-corrected chi connectivity index (χ4v) is 6.23. The number of ether oxygens (including phenoxy) is 3. The summed E-state index contributed by atoms with van der Waals surface area (Å²) in [6.45, 7) is 6.90. The predicted octanol–water partition coefficient (Wildman–Crippen LogP) is 8.40. The molecule has 0 atom stereocenters. The van der Waals surface area contributed by atoms with E-state index in [1.165, 1.54) is 35.4 Å². The minimum Gasteiger partial charge on any atom is -0.493 e. The largest absolute Gasteiger partial charge is 0.493 e. The number of carbonyl (C=O) groups excluding carboxylic acids is 1. The molecule has 1 N–H and O–H groups in total. The van der Waals surface area contributed by atoms with Crippen molar-refractivity contribution < 1.29 is 23.4 Å². The van der Waals surface area contributed by atoms with E-state index in [4.69, 9.17) is 14.2 Å². The van der Waals surface area contributed by atoms with Crippen molar-refractivity contribution in [3.63, 3.8) is 0 Å². The van der Waals surface area contributed by atoms with Crippen LogP contribution in [0.15, 0.2) is 84.6 Å². The molecule has 0 radical (unpaired) electrons. The maximum Gasteiger partial charge on any atom is 0.279 e. The number of fused-ring (bicyclic) bond motifs is 1. The number of nitrogens with zero attached hydrogens (tertiary/aromatic N) is 4. The van der Waals surface area contributed by atoms with E-state index in [0.29, 0.717) is 65.1 Å². The molecule has 9 nitrogen and oxygen atoms in total. The van der Waals surface area contributed by atoms with Crippen molar-refractivity contribution in [3.8, 4) is 22.4 Å². The van der Waals surface area contributed by atoms with E-state index in [1.54, 1.807) is 36.3 Å². The van der Waals surface area contributed by atoms with Crippen LogP contribution in [0.3, 0.4) is 0 Å². The van der Waals surface area contributed by atoms with Crippen molar-refractivity contribution in [2.75, 3.05) is 25.5 Å². The molecule has 0 spiro atoms. The van der Waals surface area contributed by atoms with Crippen LogP contribution in [-0.4, -0.2) is 52.1 Å². The Labute approximate surface area is 277 Å². The minimum absolute atomic E-state index is 0.0807. The second kappa shape index (κ2) is 14.6. The van der Waals surface area contributed by atoms with Crippen LogP contribution < -0.4 is 19.5 Å². The predicted molar refractivity (Wildman–Crippen MR) is 183 cm³/mol. The van der Waals surface area contributed by atoms with Gasteiger partial charge in [-0.2, -0.15) is 0 Å². The lowest BCUT2D eigenvalue weighted by atomic mass is 10.0. The highest BCUT2D eigenvalue weighted by Crippen LogP contribution is 2.37. The molecule has 2 aromatic carbocycles. The van der Waals surface area contributed by atoms with Crippen molar-refractivity contribution in [1.29, 1.82) is 0 Å². The lowest BCUT2D eigenvalue weighted by molar-refractivity contribution is -0.127. The van der Waals surface area contributed by atoms with Gasteiger partial charge in [0.05, 0.1) is 24.0 Å². The Bertz CT molecular complexity index is 1880. The second-order valence-corrected chi connectivity index (χ2v) is 12.0. The van der Waals surface area contributed by atoms with E-state index in [1.807, 2.05) is 5.38 Å². The van der Waals surface area contributed by atoms with Crippen LogP contribution in [0.1, 0.15) is 44.7 Å². The number of allylic oxidation sites excluding steroid dienone is 6. The number of nitrogens with one attached hydrogen (secondary N) is 1.